The van der Waals surface area contributed by atoms with Gasteiger partial charge in [0.15, 0.2) is 0 Å². The number of rotatable bonds is 4. The lowest BCUT2D eigenvalue weighted by molar-refractivity contribution is -0.124. The quantitative estimate of drug-likeness (QED) is 0.827. The minimum atomic E-state index is -0.295. The molecule has 1 amide bonds. The van der Waals surface area contributed by atoms with Crippen LogP contribution in [0.5, 0.6) is 0 Å². The predicted octanol–water partition coefficient (Wildman–Crippen LogP) is 1.56. The summed E-state index contributed by atoms with van der Waals surface area (Å²) in [4.78, 5) is 11.6. The summed E-state index contributed by atoms with van der Waals surface area (Å²) in [7, 11) is 0. The molecule has 6 heteroatoms. The maximum absolute atomic E-state index is 11.6. The molecule has 0 aliphatic carbocycles. The number of aromatic nitrogens is 2. The molecule has 0 radical (unpaired) electrons. The zero-order chi connectivity index (χ0) is 11.4. The first-order chi connectivity index (χ1) is 7.07. The fourth-order valence-electron chi connectivity index (χ4n) is 1.23. The summed E-state index contributed by atoms with van der Waals surface area (Å²) in [6, 6.07) is -0.295. The first-order valence-electron chi connectivity index (χ1n) is 4.66. The number of hydrogen-bond donors (Lipinski definition) is 2. The highest BCUT2D eigenvalue weighted by Gasteiger charge is 2.17. The molecule has 15 heavy (non-hydrogen) atoms. The van der Waals surface area contributed by atoms with Crippen molar-refractivity contribution < 1.29 is 4.79 Å². The van der Waals surface area contributed by atoms with Crippen LogP contribution in [0.15, 0.2) is 10.7 Å². The van der Waals surface area contributed by atoms with Gasteiger partial charge in [-0.2, -0.15) is 17.7 Å². The minimum Gasteiger partial charge on any atom is -0.353 e. The Hall–Kier alpha value is -0.490. The third kappa shape index (κ3) is 2.98. The average Bonchev–Trinajstić information content (AvgIpc) is 2.55. The van der Waals surface area contributed by atoms with Gasteiger partial charge in [0, 0.05) is 12.3 Å². The second kappa shape index (κ2) is 5.55. The van der Waals surface area contributed by atoms with Gasteiger partial charge in [-0.3, -0.25) is 9.48 Å². The van der Waals surface area contributed by atoms with Gasteiger partial charge in [-0.25, -0.2) is 0 Å². The van der Waals surface area contributed by atoms with Gasteiger partial charge < -0.3 is 5.32 Å². The van der Waals surface area contributed by atoms with Crippen LogP contribution < -0.4 is 5.32 Å². The van der Waals surface area contributed by atoms with E-state index >= 15 is 0 Å². The lowest BCUT2D eigenvalue weighted by Crippen LogP contribution is -2.33. The zero-order valence-corrected chi connectivity index (χ0v) is 11.2. The van der Waals surface area contributed by atoms with E-state index in [0.29, 0.717) is 12.3 Å². The van der Waals surface area contributed by atoms with Crippen molar-refractivity contribution in [2.75, 3.05) is 12.3 Å². The van der Waals surface area contributed by atoms with Crippen LogP contribution in [-0.4, -0.2) is 28.0 Å². The Morgan fingerprint density at radius 2 is 2.47 bits per heavy atom. The largest absolute Gasteiger partial charge is 0.353 e. The van der Waals surface area contributed by atoms with Crippen molar-refractivity contribution in [3.8, 4) is 0 Å². The Bertz CT molecular complexity index is 353. The third-order valence-corrected chi connectivity index (χ3v) is 3.14. The molecule has 0 spiro atoms. The molecular formula is C9H14BrN3OS. The molecule has 0 fully saturated rings. The van der Waals surface area contributed by atoms with Crippen molar-refractivity contribution in [2.45, 2.75) is 19.9 Å². The summed E-state index contributed by atoms with van der Waals surface area (Å²) >= 11 is 7.39. The Kier molecular flexibility index (Phi) is 4.66. The number of carbonyl (C=O) groups is 1. The molecule has 0 aromatic carbocycles. The number of nitrogens with zero attached hydrogens (tertiary/aromatic N) is 2. The second-order valence-electron chi connectivity index (χ2n) is 3.21. The van der Waals surface area contributed by atoms with Crippen LogP contribution in [0.4, 0.5) is 0 Å². The zero-order valence-electron chi connectivity index (χ0n) is 8.70. The molecule has 84 valence electrons. The third-order valence-electron chi connectivity index (χ3n) is 2.14. The standard InChI is InChI=1S/C9H14BrN3OS/c1-6-8(10)5-12-13(6)7(2)9(14)11-3-4-15/h5,7,15H,3-4H2,1-2H3,(H,11,14). The van der Waals surface area contributed by atoms with E-state index in [1.807, 2.05) is 13.8 Å². The summed E-state index contributed by atoms with van der Waals surface area (Å²) in [6.07, 6.45) is 1.69. The average molecular weight is 292 g/mol. The van der Waals surface area contributed by atoms with E-state index in [4.69, 9.17) is 0 Å². The summed E-state index contributed by atoms with van der Waals surface area (Å²) in [6.45, 7) is 4.31. The maximum atomic E-state index is 11.6. The van der Waals surface area contributed by atoms with Crippen LogP contribution in [0.1, 0.15) is 18.7 Å². The molecule has 0 bridgehead atoms. The number of amides is 1. The van der Waals surface area contributed by atoms with Gasteiger partial charge in [-0.05, 0) is 29.8 Å². The van der Waals surface area contributed by atoms with E-state index < -0.39 is 0 Å². The Balaban J connectivity index is 2.71. The number of thiol groups is 1. The fraction of sp³-hybridized carbons (Fsp3) is 0.556. The molecule has 0 aliphatic heterocycles. The van der Waals surface area contributed by atoms with Crippen molar-refractivity contribution in [1.82, 2.24) is 15.1 Å². The molecule has 1 heterocycles. The first-order valence-corrected chi connectivity index (χ1v) is 6.08. The van der Waals surface area contributed by atoms with Crippen LogP contribution in [0, 0.1) is 6.92 Å². The fourth-order valence-corrected chi connectivity index (χ4v) is 1.62. The van der Waals surface area contributed by atoms with E-state index in [-0.39, 0.29) is 11.9 Å². The molecule has 4 nitrogen and oxygen atoms in total. The van der Waals surface area contributed by atoms with Crippen LogP contribution >= 0.6 is 28.6 Å². The Morgan fingerprint density at radius 1 is 1.80 bits per heavy atom. The molecule has 0 saturated carbocycles. The maximum Gasteiger partial charge on any atom is 0.244 e. The van der Waals surface area contributed by atoms with Crippen LogP contribution in [0.2, 0.25) is 0 Å². The highest BCUT2D eigenvalue weighted by Crippen LogP contribution is 2.18. The van der Waals surface area contributed by atoms with Crippen LogP contribution in [0.3, 0.4) is 0 Å². The Labute approximate surface area is 103 Å². The van der Waals surface area contributed by atoms with Crippen molar-refractivity contribution in [1.29, 1.82) is 0 Å². The predicted molar refractivity (Wildman–Crippen MR) is 66.2 cm³/mol. The highest BCUT2D eigenvalue weighted by atomic mass is 79.9. The Morgan fingerprint density at radius 3 is 2.93 bits per heavy atom. The number of hydrogen-bond acceptors (Lipinski definition) is 3. The molecular weight excluding hydrogens is 278 g/mol. The van der Waals surface area contributed by atoms with E-state index in [1.54, 1.807) is 10.9 Å². The lowest BCUT2D eigenvalue weighted by Gasteiger charge is -2.13. The van der Waals surface area contributed by atoms with Gasteiger partial charge in [0.05, 0.1) is 16.4 Å². The normalized spacial score (nSPS) is 12.5. The molecule has 1 unspecified atom stereocenters. The SMILES string of the molecule is Cc1c(Br)cnn1C(C)C(=O)NCCS. The van der Waals surface area contributed by atoms with Crippen LogP contribution in [-0.2, 0) is 4.79 Å². The molecule has 1 N–H and O–H groups in total. The molecule has 1 aromatic rings. The topological polar surface area (TPSA) is 46.9 Å². The molecule has 1 atom stereocenters. The van der Waals surface area contributed by atoms with Gasteiger partial charge in [0.2, 0.25) is 5.91 Å². The van der Waals surface area contributed by atoms with Gasteiger partial charge in [-0.1, -0.05) is 0 Å². The van der Waals surface area contributed by atoms with Crippen molar-refractivity contribution in [3.63, 3.8) is 0 Å². The van der Waals surface area contributed by atoms with Gasteiger partial charge in [-0.15, -0.1) is 0 Å². The van der Waals surface area contributed by atoms with E-state index in [1.165, 1.54) is 0 Å². The van der Waals surface area contributed by atoms with E-state index in [9.17, 15) is 4.79 Å². The smallest absolute Gasteiger partial charge is 0.244 e. The van der Waals surface area contributed by atoms with Gasteiger partial charge in [0.25, 0.3) is 0 Å². The van der Waals surface area contributed by atoms with Gasteiger partial charge in [0.1, 0.15) is 6.04 Å². The molecule has 0 aliphatic rings. The number of nitrogens with one attached hydrogen (secondary N) is 1. The number of carbonyl (C=O) groups excluding carboxylic acids is 1. The monoisotopic (exact) mass is 291 g/mol. The van der Waals surface area contributed by atoms with Crippen LogP contribution in [0.25, 0.3) is 0 Å². The summed E-state index contributed by atoms with van der Waals surface area (Å²) in [5.41, 5.74) is 0.948. The summed E-state index contributed by atoms with van der Waals surface area (Å²) in [5, 5.41) is 6.91. The molecule has 0 saturated heterocycles. The van der Waals surface area contributed by atoms with E-state index in [2.05, 4.69) is 39.0 Å². The second-order valence-corrected chi connectivity index (χ2v) is 4.51. The van der Waals surface area contributed by atoms with E-state index in [0.717, 1.165) is 10.2 Å². The first kappa shape index (κ1) is 12.6. The van der Waals surface area contributed by atoms with Crippen molar-refractivity contribution in [3.05, 3.63) is 16.4 Å². The minimum absolute atomic E-state index is 0.0391. The van der Waals surface area contributed by atoms with Crippen molar-refractivity contribution >= 4 is 34.5 Å². The molecule has 1 aromatic heterocycles. The van der Waals surface area contributed by atoms with Crippen molar-refractivity contribution in [2.24, 2.45) is 0 Å². The highest BCUT2D eigenvalue weighted by molar-refractivity contribution is 9.10. The number of halogens is 1. The molecule has 1 rings (SSSR count). The summed E-state index contributed by atoms with van der Waals surface area (Å²) in [5.74, 6) is 0.600. The lowest BCUT2D eigenvalue weighted by atomic mass is 10.3. The summed E-state index contributed by atoms with van der Waals surface area (Å²) < 4.78 is 2.61. The van der Waals surface area contributed by atoms with Gasteiger partial charge >= 0.3 is 0 Å².